The number of hydrogen-bond donors (Lipinski definition) is 2. The van der Waals surface area contributed by atoms with Crippen molar-refractivity contribution in [3.8, 4) is 5.88 Å². The lowest BCUT2D eigenvalue weighted by atomic mass is 10.2. The van der Waals surface area contributed by atoms with Crippen LogP contribution in [0.3, 0.4) is 0 Å². The van der Waals surface area contributed by atoms with Gasteiger partial charge in [-0.1, -0.05) is 0 Å². The SMILES string of the molecule is Cc1ccc(C(=O)NCC(=O)NCc2ccnc(OC3CCCC3)c2)s1. The lowest BCUT2D eigenvalue weighted by Gasteiger charge is -2.13. The minimum Gasteiger partial charge on any atom is -0.474 e. The van der Waals surface area contributed by atoms with E-state index in [1.807, 2.05) is 25.1 Å². The minimum absolute atomic E-state index is 0.0493. The van der Waals surface area contributed by atoms with Gasteiger partial charge in [-0.2, -0.15) is 0 Å². The van der Waals surface area contributed by atoms with E-state index in [1.165, 1.54) is 24.2 Å². The first-order chi connectivity index (χ1) is 12.6. The monoisotopic (exact) mass is 373 g/mol. The summed E-state index contributed by atoms with van der Waals surface area (Å²) in [6.45, 7) is 2.26. The summed E-state index contributed by atoms with van der Waals surface area (Å²) >= 11 is 1.41. The van der Waals surface area contributed by atoms with Crippen LogP contribution in [0.1, 0.15) is 45.8 Å². The second-order valence-corrected chi connectivity index (χ2v) is 7.68. The minimum atomic E-state index is -0.235. The first kappa shape index (κ1) is 18.4. The Morgan fingerprint density at radius 1 is 1.23 bits per heavy atom. The van der Waals surface area contributed by atoms with E-state index >= 15 is 0 Å². The molecule has 0 atom stereocenters. The number of ether oxygens (including phenoxy) is 1. The predicted octanol–water partition coefficient (Wildman–Crippen LogP) is 2.82. The van der Waals surface area contributed by atoms with Gasteiger partial charge in [0.05, 0.1) is 11.4 Å². The summed E-state index contributed by atoms with van der Waals surface area (Å²) in [5, 5.41) is 5.43. The van der Waals surface area contributed by atoms with Gasteiger partial charge in [-0.15, -0.1) is 11.3 Å². The van der Waals surface area contributed by atoms with Crippen LogP contribution >= 0.6 is 11.3 Å². The number of carbonyl (C=O) groups is 2. The van der Waals surface area contributed by atoms with E-state index in [0.717, 1.165) is 23.3 Å². The van der Waals surface area contributed by atoms with Gasteiger partial charge in [-0.25, -0.2) is 4.98 Å². The van der Waals surface area contributed by atoms with Crippen molar-refractivity contribution in [3.63, 3.8) is 0 Å². The molecule has 0 spiro atoms. The number of nitrogens with zero attached hydrogens (tertiary/aromatic N) is 1. The highest BCUT2D eigenvalue weighted by Gasteiger charge is 2.17. The van der Waals surface area contributed by atoms with E-state index in [-0.39, 0.29) is 24.5 Å². The van der Waals surface area contributed by atoms with Gasteiger partial charge in [0.1, 0.15) is 6.10 Å². The molecule has 0 saturated heterocycles. The van der Waals surface area contributed by atoms with E-state index in [4.69, 9.17) is 4.74 Å². The molecule has 0 aliphatic heterocycles. The molecule has 1 fully saturated rings. The third-order valence-electron chi connectivity index (χ3n) is 4.25. The van der Waals surface area contributed by atoms with Gasteiger partial charge in [-0.05, 0) is 56.4 Å². The second kappa shape index (κ2) is 8.80. The average molecular weight is 373 g/mol. The number of thiophene rings is 1. The predicted molar refractivity (Wildman–Crippen MR) is 100 cm³/mol. The molecule has 2 N–H and O–H groups in total. The molecule has 2 aromatic rings. The van der Waals surface area contributed by atoms with Crippen LogP contribution in [0.2, 0.25) is 0 Å². The molecular formula is C19H23N3O3S. The van der Waals surface area contributed by atoms with E-state index in [0.29, 0.717) is 17.3 Å². The van der Waals surface area contributed by atoms with Gasteiger partial charge in [0.15, 0.2) is 0 Å². The summed E-state index contributed by atoms with van der Waals surface area (Å²) in [7, 11) is 0. The standard InChI is InChI=1S/C19H23N3O3S/c1-13-6-7-16(26-13)19(24)22-12-17(23)21-11-14-8-9-20-18(10-14)25-15-4-2-3-5-15/h6-10,15H,2-5,11-12H2,1H3,(H,21,23)(H,22,24). The number of carbonyl (C=O) groups excluding carboxylic acids is 2. The Labute approximate surface area is 157 Å². The van der Waals surface area contributed by atoms with Crippen LogP contribution in [-0.4, -0.2) is 29.4 Å². The summed E-state index contributed by atoms with van der Waals surface area (Å²) in [5.74, 6) is 0.140. The van der Waals surface area contributed by atoms with E-state index < -0.39 is 0 Å². The van der Waals surface area contributed by atoms with Crippen molar-refractivity contribution < 1.29 is 14.3 Å². The molecule has 6 nitrogen and oxygen atoms in total. The van der Waals surface area contributed by atoms with Crippen LogP contribution < -0.4 is 15.4 Å². The summed E-state index contributed by atoms with van der Waals surface area (Å²) in [5.41, 5.74) is 0.918. The van der Waals surface area contributed by atoms with Crippen molar-refractivity contribution >= 4 is 23.2 Å². The number of amides is 2. The molecule has 0 aromatic carbocycles. The molecular weight excluding hydrogens is 350 g/mol. The number of aryl methyl sites for hydroxylation is 1. The van der Waals surface area contributed by atoms with E-state index in [9.17, 15) is 9.59 Å². The van der Waals surface area contributed by atoms with Gasteiger partial charge in [0.2, 0.25) is 11.8 Å². The van der Waals surface area contributed by atoms with Crippen molar-refractivity contribution in [1.29, 1.82) is 0 Å². The second-order valence-electron chi connectivity index (χ2n) is 6.40. The lowest BCUT2D eigenvalue weighted by molar-refractivity contribution is -0.120. The Morgan fingerprint density at radius 3 is 2.77 bits per heavy atom. The molecule has 0 radical (unpaired) electrons. The van der Waals surface area contributed by atoms with Crippen molar-refractivity contribution in [2.75, 3.05) is 6.54 Å². The molecule has 0 unspecified atom stereocenters. The zero-order valence-corrected chi connectivity index (χ0v) is 15.6. The zero-order valence-electron chi connectivity index (χ0n) is 14.8. The molecule has 1 aliphatic carbocycles. The Bertz CT molecular complexity index is 769. The highest BCUT2D eigenvalue weighted by Crippen LogP contribution is 2.23. The summed E-state index contributed by atoms with van der Waals surface area (Å²) in [4.78, 5) is 29.8. The zero-order chi connectivity index (χ0) is 18.4. The number of pyridine rings is 1. The molecule has 0 bridgehead atoms. The first-order valence-corrected chi connectivity index (χ1v) is 9.65. The Morgan fingerprint density at radius 2 is 2.04 bits per heavy atom. The van der Waals surface area contributed by atoms with Gasteiger partial charge < -0.3 is 15.4 Å². The molecule has 7 heteroatoms. The van der Waals surface area contributed by atoms with Crippen LogP contribution in [-0.2, 0) is 11.3 Å². The summed E-state index contributed by atoms with van der Waals surface area (Å²) in [6, 6.07) is 7.34. The normalized spacial score (nSPS) is 14.2. The van der Waals surface area contributed by atoms with Crippen LogP contribution in [0.4, 0.5) is 0 Å². The molecule has 1 saturated carbocycles. The third kappa shape index (κ3) is 5.29. The molecule has 2 amide bonds. The van der Waals surface area contributed by atoms with Crippen molar-refractivity contribution in [2.24, 2.45) is 0 Å². The fraction of sp³-hybridized carbons (Fsp3) is 0.421. The number of aromatic nitrogens is 1. The highest BCUT2D eigenvalue weighted by atomic mass is 32.1. The van der Waals surface area contributed by atoms with E-state index in [1.54, 1.807) is 12.3 Å². The van der Waals surface area contributed by atoms with Gasteiger partial charge in [0, 0.05) is 23.7 Å². The molecule has 2 heterocycles. The molecule has 3 rings (SSSR count). The maximum Gasteiger partial charge on any atom is 0.261 e. The maximum absolute atomic E-state index is 12.0. The van der Waals surface area contributed by atoms with Gasteiger partial charge in [-0.3, -0.25) is 9.59 Å². The van der Waals surface area contributed by atoms with Crippen LogP contribution in [0.25, 0.3) is 0 Å². The topological polar surface area (TPSA) is 80.3 Å². The van der Waals surface area contributed by atoms with Crippen molar-refractivity contribution in [2.45, 2.75) is 45.3 Å². The maximum atomic E-state index is 12.0. The Hall–Kier alpha value is -2.41. The van der Waals surface area contributed by atoms with Crippen LogP contribution in [0.15, 0.2) is 30.5 Å². The summed E-state index contributed by atoms with van der Waals surface area (Å²) < 4.78 is 5.87. The number of rotatable bonds is 7. The first-order valence-electron chi connectivity index (χ1n) is 8.83. The molecule has 1 aliphatic rings. The number of nitrogens with one attached hydrogen (secondary N) is 2. The lowest BCUT2D eigenvalue weighted by Crippen LogP contribution is -2.36. The fourth-order valence-corrected chi connectivity index (χ4v) is 3.65. The van der Waals surface area contributed by atoms with E-state index in [2.05, 4.69) is 15.6 Å². The van der Waals surface area contributed by atoms with Crippen LogP contribution in [0, 0.1) is 6.92 Å². The molecule has 138 valence electrons. The van der Waals surface area contributed by atoms with Crippen molar-refractivity contribution in [3.05, 3.63) is 45.8 Å². The van der Waals surface area contributed by atoms with Gasteiger partial charge >= 0.3 is 0 Å². The third-order valence-corrected chi connectivity index (χ3v) is 5.25. The average Bonchev–Trinajstić information content (AvgIpc) is 3.30. The Kier molecular flexibility index (Phi) is 6.22. The fourth-order valence-electron chi connectivity index (χ4n) is 2.87. The smallest absolute Gasteiger partial charge is 0.261 e. The Balaban J connectivity index is 1.43. The number of hydrogen-bond acceptors (Lipinski definition) is 5. The molecule has 2 aromatic heterocycles. The van der Waals surface area contributed by atoms with Crippen molar-refractivity contribution in [1.82, 2.24) is 15.6 Å². The van der Waals surface area contributed by atoms with Gasteiger partial charge in [0.25, 0.3) is 5.91 Å². The van der Waals surface area contributed by atoms with Crippen LogP contribution in [0.5, 0.6) is 5.88 Å². The quantitative estimate of drug-likeness (QED) is 0.782. The highest BCUT2D eigenvalue weighted by molar-refractivity contribution is 7.13. The summed E-state index contributed by atoms with van der Waals surface area (Å²) in [6.07, 6.45) is 6.50. The largest absolute Gasteiger partial charge is 0.474 e. The molecule has 26 heavy (non-hydrogen) atoms.